The molecule has 0 aromatic heterocycles. The molecule has 1 aliphatic heterocycles. The fourth-order valence-corrected chi connectivity index (χ4v) is 3.26. The zero-order valence-electron chi connectivity index (χ0n) is 17.4. The van der Waals surface area contributed by atoms with Gasteiger partial charge in [0, 0.05) is 30.9 Å². The van der Waals surface area contributed by atoms with E-state index in [1.54, 1.807) is 30.3 Å². The summed E-state index contributed by atoms with van der Waals surface area (Å²) in [6, 6.07) is 11.6. The normalized spacial score (nSPS) is 14.1. The predicted molar refractivity (Wildman–Crippen MR) is 110 cm³/mol. The average Bonchev–Trinajstić information content (AvgIpc) is 3.16. The van der Waals surface area contributed by atoms with Crippen molar-refractivity contribution in [2.45, 2.75) is 12.7 Å². The highest BCUT2D eigenvalue weighted by Gasteiger charge is 2.31. The van der Waals surface area contributed by atoms with Crippen LogP contribution in [0.5, 0.6) is 0 Å². The molecule has 1 fully saturated rings. The Morgan fingerprint density at radius 2 is 1.84 bits per heavy atom. The summed E-state index contributed by atoms with van der Waals surface area (Å²) in [5.41, 5.74) is 0.531. The Kier molecular flexibility index (Phi) is 6.84. The van der Waals surface area contributed by atoms with Crippen LogP contribution in [-0.2, 0) is 17.5 Å². The lowest BCUT2D eigenvalue weighted by Crippen LogP contribution is -2.36. The second kappa shape index (κ2) is 9.38. The molecule has 2 aromatic rings. The minimum Gasteiger partial charge on any atom is -0.447 e. The number of cyclic esters (lactones) is 1. The van der Waals surface area contributed by atoms with Crippen LogP contribution in [0.15, 0.2) is 48.5 Å². The number of ether oxygens (including phenoxy) is 1. The summed E-state index contributed by atoms with van der Waals surface area (Å²) < 4.78 is 44.2. The Morgan fingerprint density at radius 3 is 2.48 bits per heavy atom. The summed E-state index contributed by atoms with van der Waals surface area (Å²) in [7, 11) is 3.71. The van der Waals surface area contributed by atoms with Crippen molar-refractivity contribution in [2.24, 2.45) is 0 Å². The maximum atomic E-state index is 13.2. The van der Waals surface area contributed by atoms with Gasteiger partial charge in [0.2, 0.25) is 0 Å². The third-order valence-electron chi connectivity index (χ3n) is 4.90. The van der Waals surface area contributed by atoms with Crippen LogP contribution in [0.2, 0.25) is 0 Å². The SMILES string of the molecule is CN(C)CCN(Cc1cccc(C(F)(F)F)c1)C(=O)c1cccc(N2CCOC2=O)c1. The van der Waals surface area contributed by atoms with E-state index in [0.717, 1.165) is 12.1 Å². The second-order valence-corrected chi connectivity index (χ2v) is 7.54. The monoisotopic (exact) mass is 435 g/mol. The summed E-state index contributed by atoms with van der Waals surface area (Å²) in [6.07, 6.45) is -4.93. The van der Waals surface area contributed by atoms with Crippen LogP contribution in [0.3, 0.4) is 0 Å². The fraction of sp³-hybridized carbons (Fsp3) is 0.364. The quantitative estimate of drug-likeness (QED) is 0.663. The van der Waals surface area contributed by atoms with Gasteiger partial charge in [-0.25, -0.2) is 4.79 Å². The first-order valence-electron chi connectivity index (χ1n) is 9.79. The van der Waals surface area contributed by atoms with Crippen molar-refractivity contribution in [3.8, 4) is 0 Å². The van der Waals surface area contributed by atoms with Gasteiger partial charge in [0.1, 0.15) is 6.61 Å². The van der Waals surface area contributed by atoms with Crippen molar-refractivity contribution in [2.75, 3.05) is 45.2 Å². The molecule has 1 aliphatic rings. The molecule has 0 radical (unpaired) electrons. The van der Waals surface area contributed by atoms with Crippen LogP contribution in [0.25, 0.3) is 0 Å². The van der Waals surface area contributed by atoms with E-state index in [0.29, 0.717) is 36.4 Å². The number of hydrogen-bond acceptors (Lipinski definition) is 4. The molecule has 2 amide bonds. The van der Waals surface area contributed by atoms with E-state index in [1.807, 2.05) is 19.0 Å². The number of carbonyl (C=O) groups excluding carboxylic acids is 2. The lowest BCUT2D eigenvalue weighted by molar-refractivity contribution is -0.137. The number of halogens is 3. The summed E-state index contributed by atoms with van der Waals surface area (Å²) >= 11 is 0. The van der Waals surface area contributed by atoms with Crippen LogP contribution in [-0.4, -0.2) is 62.1 Å². The van der Waals surface area contributed by atoms with Crippen LogP contribution >= 0.6 is 0 Å². The van der Waals surface area contributed by atoms with E-state index in [-0.39, 0.29) is 19.1 Å². The molecule has 0 unspecified atom stereocenters. The van der Waals surface area contributed by atoms with Gasteiger partial charge in [-0.2, -0.15) is 13.2 Å². The van der Waals surface area contributed by atoms with Gasteiger partial charge in [-0.05, 0) is 50.0 Å². The molecule has 1 heterocycles. The number of nitrogens with zero attached hydrogens (tertiary/aromatic N) is 3. The molecule has 166 valence electrons. The van der Waals surface area contributed by atoms with E-state index in [4.69, 9.17) is 4.74 Å². The number of benzene rings is 2. The zero-order chi connectivity index (χ0) is 22.6. The van der Waals surface area contributed by atoms with Crippen molar-refractivity contribution in [3.05, 3.63) is 65.2 Å². The highest BCUT2D eigenvalue weighted by molar-refractivity contribution is 5.97. The van der Waals surface area contributed by atoms with Gasteiger partial charge in [-0.3, -0.25) is 9.69 Å². The fourth-order valence-electron chi connectivity index (χ4n) is 3.26. The predicted octanol–water partition coefficient (Wildman–Crippen LogP) is 3.87. The number of anilines is 1. The molecule has 0 saturated carbocycles. The minimum absolute atomic E-state index is 0.0343. The first kappa shape index (κ1) is 22.6. The first-order valence-corrected chi connectivity index (χ1v) is 9.79. The lowest BCUT2D eigenvalue weighted by Gasteiger charge is -2.25. The molecule has 6 nitrogen and oxygen atoms in total. The molecule has 1 saturated heterocycles. The number of rotatable bonds is 7. The van der Waals surface area contributed by atoms with Gasteiger partial charge >= 0.3 is 12.3 Å². The summed E-state index contributed by atoms with van der Waals surface area (Å²) in [6.45, 7) is 1.58. The Morgan fingerprint density at radius 1 is 1.10 bits per heavy atom. The van der Waals surface area contributed by atoms with Gasteiger partial charge in [0.25, 0.3) is 5.91 Å². The van der Waals surface area contributed by atoms with Crippen LogP contribution < -0.4 is 4.90 Å². The molecule has 0 aliphatic carbocycles. The topological polar surface area (TPSA) is 53.1 Å². The number of carbonyl (C=O) groups is 2. The highest BCUT2D eigenvalue weighted by Crippen LogP contribution is 2.30. The zero-order valence-corrected chi connectivity index (χ0v) is 17.4. The van der Waals surface area contributed by atoms with Crippen LogP contribution in [0, 0.1) is 0 Å². The maximum Gasteiger partial charge on any atom is 0.416 e. The Hall–Kier alpha value is -3.07. The number of likely N-dealkylation sites (N-methyl/N-ethyl adjacent to an activating group) is 1. The molecule has 0 spiro atoms. The first-order chi connectivity index (χ1) is 14.6. The van der Waals surface area contributed by atoms with E-state index in [1.165, 1.54) is 15.9 Å². The molecule has 0 bridgehead atoms. The van der Waals surface area contributed by atoms with Crippen LogP contribution in [0.4, 0.5) is 23.7 Å². The molecular weight excluding hydrogens is 411 g/mol. The molecular formula is C22H24F3N3O3. The third-order valence-corrected chi connectivity index (χ3v) is 4.90. The average molecular weight is 435 g/mol. The highest BCUT2D eigenvalue weighted by atomic mass is 19.4. The number of alkyl halides is 3. The molecule has 9 heteroatoms. The summed E-state index contributed by atoms with van der Waals surface area (Å²) in [5, 5.41) is 0. The van der Waals surface area contributed by atoms with E-state index >= 15 is 0 Å². The van der Waals surface area contributed by atoms with Gasteiger partial charge in [0.05, 0.1) is 12.1 Å². The van der Waals surface area contributed by atoms with Gasteiger partial charge in [-0.1, -0.05) is 18.2 Å². The van der Waals surface area contributed by atoms with E-state index < -0.39 is 17.8 Å². The van der Waals surface area contributed by atoms with E-state index in [9.17, 15) is 22.8 Å². The summed E-state index contributed by atoms with van der Waals surface area (Å²) in [5.74, 6) is -0.325. The molecule has 31 heavy (non-hydrogen) atoms. The lowest BCUT2D eigenvalue weighted by atomic mass is 10.1. The Bertz CT molecular complexity index is 947. The maximum absolute atomic E-state index is 13.2. The van der Waals surface area contributed by atoms with Gasteiger partial charge in [0.15, 0.2) is 0 Å². The minimum atomic E-state index is -4.45. The van der Waals surface area contributed by atoms with Crippen molar-refractivity contribution in [1.29, 1.82) is 0 Å². The standard InChI is InChI=1S/C22H24F3N3O3/c1-26(2)9-10-27(15-16-5-3-7-18(13-16)22(23,24)25)20(29)17-6-4-8-19(14-17)28-11-12-31-21(28)30/h3-8,13-14H,9-12,15H2,1-2H3. The van der Waals surface area contributed by atoms with Crippen molar-refractivity contribution in [1.82, 2.24) is 9.80 Å². The van der Waals surface area contributed by atoms with Gasteiger partial charge in [-0.15, -0.1) is 0 Å². The molecule has 3 rings (SSSR count). The van der Waals surface area contributed by atoms with Gasteiger partial charge < -0.3 is 14.5 Å². The van der Waals surface area contributed by atoms with Crippen LogP contribution in [0.1, 0.15) is 21.5 Å². The second-order valence-electron chi connectivity index (χ2n) is 7.54. The van der Waals surface area contributed by atoms with Crippen molar-refractivity contribution in [3.63, 3.8) is 0 Å². The van der Waals surface area contributed by atoms with E-state index in [2.05, 4.69) is 0 Å². The Labute approximate surface area is 178 Å². The Balaban J connectivity index is 1.85. The van der Waals surface area contributed by atoms with Crippen molar-refractivity contribution >= 4 is 17.7 Å². The third kappa shape index (κ3) is 5.75. The molecule has 0 atom stereocenters. The van der Waals surface area contributed by atoms with Crippen molar-refractivity contribution < 1.29 is 27.5 Å². The largest absolute Gasteiger partial charge is 0.447 e. The molecule has 0 N–H and O–H groups in total. The number of amides is 2. The summed E-state index contributed by atoms with van der Waals surface area (Å²) in [4.78, 5) is 29.9. The molecule has 2 aromatic carbocycles. The smallest absolute Gasteiger partial charge is 0.416 e. The number of hydrogen-bond donors (Lipinski definition) is 0.